The van der Waals surface area contributed by atoms with E-state index < -0.39 is 11.7 Å². The van der Waals surface area contributed by atoms with E-state index in [1.807, 2.05) is 76.2 Å². The highest BCUT2D eigenvalue weighted by atomic mass is 16.6. The lowest BCUT2D eigenvalue weighted by atomic mass is 9.96. The molecule has 0 aliphatic carbocycles. The summed E-state index contributed by atoms with van der Waals surface area (Å²) in [5.74, 6) is 0. The van der Waals surface area contributed by atoms with Gasteiger partial charge in [-0.1, -0.05) is 54.6 Å². The quantitative estimate of drug-likeness (QED) is 0.417. The van der Waals surface area contributed by atoms with E-state index in [1.165, 1.54) is 0 Å². The number of rotatable bonds is 4. The summed E-state index contributed by atoms with van der Waals surface area (Å²) < 4.78 is 5.30. The molecule has 0 saturated carbocycles. The molecule has 0 aliphatic rings. The first-order valence-corrected chi connectivity index (χ1v) is 10.7. The third-order valence-corrected chi connectivity index (χ3v) is 5.09. The van der Waals surface area contributed by atoms with Gasteiger partial charge >= 0.3 is 6.09 Å². The summed E-state index contributed by atoms with van der Waals surface area (Å²) in [6.07, 6.45) is 1.37. The van der Waals surface area contributed by atoms with Crippen LogP contribution < -0.4 is 5.32 Å². The van der Waals surface area contributed by atoms with Gasteiger partial charge in [-0.2, -0.15) is 0 Å². The fourth-order valence-corrected chi connectivity index (χ4v) is 3.56. The highest BCUT2D eigenvalue weighted by Gasteiger charge is 2.16. The molecule has 32 heavy (non-hydrogen) atoms. The average Bonchev–Trinajstić information content (AvgIpc) is 2.77. The summed E-state index contributed by atoms with van der Waals surface area (Å²) in [7, 11) is 0. The van der Waals surface area contributed by atoms with Gasteiger partial charge in [0.25, 0.3) is 0 Å². The molecule has 1 amide bonds. The normalized spacial score (nSPS) is 11.4. The molecule has 0 unspecified atom stereocenters. The first-order chi connectivity index (χ1) is 15.3. The standard InChI is InChI=1S/C27H27N3O2/c1-18-22-16-23(20-8-6-5-7-9-20)25(30-24(22)14-15-28-18)21-12-10-19(11-13-21)17-29-26(31)32-27(2,3)4/h5-16H,17H2,1-4H3,(H,29,31). The van der Waals surface area contributed by atoms with Gasteiger partial charge in [-0.05, 0) is 51.0 Å². The molecule has 2 heterocycles. The topological polar surface area (TPSA) is 64.1 Å². The lowest BCUT2D eigenvalue weighted by molar-refractivity contribution is 0.0523. The van der Waals surface area contributed by atoms with E-state index in [0.717, 1.165) is 44.5 Å². The predicted octanol–water partition coefficient (Wildman–Crippen LogP) is 6.30. The molecule has 0 spiro atoms. The smallest absolute Gasteiger partial charge is 0.407 e. The van der Waals surface area contributed by atoms with Crippen LogP contribution in [0.4, 0.5) is 4.79 Å². The van der Waals surface area contributed by atoms with Crippen molar-refractivity contribution >= 4 is 17.0 Å². The maximum absolute atomic E-state index is 11.9. The first kappa shape index (κ1) is 21.5. The summed E-state index contributed by atoms with van der Waals surface area (Å²) >= 11 is 0. The Hall–Kier alpha value is -3.73. The van der Waals surface area contributed by atoms with Crippen molar-refractivity contribution in [3.63, 3.8) is 0 Å². The number of alkyl carbamates (subject to hydrolysis) is 1. The number of hydrogen-bond acceptors (Lipinski definition) is 4. The summed E-state index contributed by atoms with van der Waals surface area (Å²) in [6.45, 7) is 7.95. The number of aryl methyl sites for hydroxylation is 1. The van der Waals surface area contributed by atoms with Crippen molar-refractivity contribution in [3.05, 3.63) is 84.2 Å². The molecule has 0 saturated heterocycles. The summed E-state index contributed by atoms with van der Waals surface area (Å²) in [4.78, 5) is 21.4. The summed E-state index contributed by atoms with van der Waals surface area (Å²) in [5.41, 5.74) is 6.45. The van der Waals surface area contributed by atoms with Crippen LogP contribution in [-0.4, -0.2) is 21.7 Å². The Morgan fingerprint density at radius 3 is 2.38 bits per heavy atom. The Morgan fingerprint density at radius 2 is 1.69 bits per heavy atom. The number of fused-ring (bicyclic) bond motifs is 1. The van der Waals surface area contributed by atoms with Crippen molar-refractivity contribution < 1.29 is 9.53 Å². The monoisotopic (exact) mass is 425 g/mol. The molecular weight excluding hydrogens is 398 g/mol. The second-order valence-corrected chi connectivity index (χ2v) is 8.77. The van der Waals surface area contributed by atoms with Crippen LogP contribution in [0.25, 0.3) is 33.3 Å². The van der Waals surface area contributed by atoms with Crippen LogP contribution in [0.5, 0.6) is 0 Å². The van der Waals surface area contributed by atoms with Crippen molar-refractivity contribution in [2.24, 2.45) is 0 Å². The zero-order chi connectivity index (χ0) is 22.7. The van der Waals surface area contributed by atoms with Gasteiger partial charge in [-0.25, -0.2) is 9.78 Å². The third kappa shape index (κ3) is 4.94. The Morgan fingerprint density at radius 1 is 0.969 bits per heavy atom. The number of pyridine rings is 2. The van der Waals surface area contributed by atoms with E-state index in [1.54, 1.807) is 6.20 Å². The van der Waals surface area contributed by atoms with Crippen molar-refractivity contribution in [2.45, 2.75) is 39.8 Å². The van der Waals surface area contributed by atoms with Crippen molar-refractivity contribution in [1.29, 1.82) is 0 Å². The van der Waals surface area contributed by atoms with Crippen molar-refractivity contribution in [3.8, 4) is 22.4 Å². The number of carbonyl (C=O) groups excluding carboxylic acids is 1. The fourth-order valence-electron chi connectivity index (χ4n) is 3.56. The maximum atomic E-state index is 11.9. The number of benzene rings is 2. The second-order valence-electron chi connectivity index (χ2n) is 8.77. The molecule has 0 atom stereocenters. The molecule has 4 rings (SSSR count). The number of nitrogens with one attached hydrogen (secondary N) is 1. The minimum atomic E-state index is -0.516. The predicted molar refractivity (Wildman–Crippen MR) is 128 cm³/mol. The molecule has 162 valence electrons. The fraction of sp³-hybridized carbons (Fsp3) is 0.222. The summed E-state index contributed by atoms with van der Waals surface area (Å²) in [6, 6.07) is 22.5. The Labute approximate surface area is 188 Å². The van der Waals surface area contributed by atoms with Gasteiger partial charge in [0, 0.05) is 34.9 Å². The van der Waals surface area contributed by atoms with Crippen LogP contribution in [0.3, 0.4) is 0 Å². The van der Waals surface area contributed by atoms with Gasteiger partial charge in [0.15, 0.2) is 0 Å². The zero-order valence-electron chi connectivity index (χ0n) is 18.8. The molecule has 0 fully saturated rings. The molecular formula is C27H27N3O2. The van der Waals surface area contributed by atoms with Gasteiger partial charge in [-0.3, -0.25) is 4.98 Å². The minimum absolute atomic E-state index is 0.400. The van der Waals surface area contributed by atoms with E-state index >= 15 is 0 Å². The molecule has 0 aliphatic heterocycles. The number of carbonyl (C=O) groups is 1. The molecule has 4 aromatic rings. The Balaban J connectivity index is 1.66. The lowest BCUT2D eigenvalue weighted by Gasteiger charge is -2.19. The van der Waals surface area contributed by atoms with E-state index in [-0.39, 0.29) is 0 Å². The lowest BCUT2D eigenvalue weighted by Crippen LogP contribution is -2.32. The van der Waals surface area contributed by atoms with E-state index in [2.05, 4.69) is 28.5 Å². The molecule has 1 N–H and O–H groups in total. The largest absolute Gasteiger partial charge is 0.444 e. The van der Waals surface area contributed by atoms with Crippen LogP contribution in [0.15, 0.2) is 72.9 Å². The van der Waals surface area contributed by atoms with Crippen LogP contribution in [-0.2, 0) is 11.3 Å². The zero-order valence-corrected chi connectivity index (χ0v) is 18.8. The number of hydrogen-bond donors (Lipinski definition) is 1. The van der Waals surface area contributed by atoms with Crippen LogP contribution in [0, 0.1) is 6.92 Å². The summed E-state index contributed by atoms with van der Waals surface area (Å²) in [5, 5.41) is 3.85. The number of aromatic nitrogens is 2. The van der Waals surface area contributed by atoms with Crippen molar-refractivity contribution in [2.75, 3.05) is 0 Å². The van der Waals surface area contributed by atoms with Gasteiger partial charge in [-0.15, -0.1) is 0 Å². The van der Waals surface area contributed by atoms with Crippen molar-refractivity contribution in [1.82, 2.24) is 15.3 Å². The maximum Gasteiger partial charge on any atom is 0.407 e. The van der Waals surface area contributed by atoms with E-state index in [9.17, 15) is 4.79 Å². The highest BCUT2D eigenvalue weighted by Crippen LogP contribution is 2.34. The van der Waals surface area contributed by atoms with Gasteiger partial charge in [0.2, 0.25) is 0 Å². The molecule has 0 radical (unpaired) electrons. The van der Waals surface area contributed by atoms with E-state index in [4.69, 9.17) is 9.72 Å². The van der Waals surface area contributed by atoms with Crippen LogP contribution >= 0.6 is 0 Å². The third-order valence-electron chi connectivity index (χ3n) is 5.09. The second kappa shape index (κ2) is 8.79. The SMILES string of the molecule is Cc1nccc2nc(-c3ccc(CNC(=O)OC(C)(C)C)cc3)c(-c3ccccc3)cc12. The van der Waals surface area contributed by atoms with Crippen LogP contribution in [0.1, 0.15) is 32.0 Å². The highest BCUT2D eigenvalue weighted by molar-refractivity contribution is 5.92. The number of amides is 1. The molecule has 5 heteroatoms. The molecule has 2 aromatic carbocycles. The van der Waals surface area contributed by atoms with E-state index in [0.29, 0.717) is 6.54 Å². The Bertz CT molecular complexity index is 1240. The van der Waals surface area contributed by atoms with Gasteiger partial charge < -0.3 is 10.1 Å². The molecule has 0 bridgehead atoms. The molecule has 2 aromatic heterocycles. The van der Waals surface area contributed by atoms with Gasteiger partial charge in [0.1, 0.15) is 5.60 Å². The number of nitrogens with zero attached hydrogens (tertiary/aromatic N) is 2. The average molecular weight is 426 g/mol. The first-order valence-electron chi connectivity index (χ1n) is 10.7. The number of ether oxygens (including phenoxy) is 1. The van der Waals surface area contributed by atoms with Gasteiger partial charge in [0.05, 0.1) is 11.2 Å². The minimum Gasteiger partial charge on any atom is -0.444 e. The van der Waals surface area contributed by atoms with Crippen LogP contribution in [0.2, 0.25) is 0 Å². The molecule has 5 nitrogen and oxygen atoms in total. The Kier molecular flexibility index (Phi) is 5.91.